The molecule has 0 aromatic carbocycles. The summed E-state index contributed by atoms with van der Waals surface area (Å²) in [6, 6.07) is 0. The molecule has 0 amide bonds. The van der Waals surface area contributed by atoms with E-state index in [2.05, 4.69) is 13.8 Å². The van der Waals surface area contributed by atoms with Crippen molar-refractivity contribution in [2.75, 3.05) is 0 Å². The summed E-state index contributed by atoms with van der Waals surface area (Å²) < 4.78 is 5.72. The molecule has 1 saturated carbocycles. The molecule has 2 bridgehead atoms. The summed E-state index contributed by atoms with van der Waals surface area (Å²) in [6.07, 6.45) is 2.09. The second kappa shape index (κ2) is 2.46. The van der Waals surface area contributed by atoms with E-state index >= 15 is 0 Å². The number of aliphatic hydroxyl groups is 1. The van der Waals surface area contributed by atoms with Gasteiger partial charge in [0, 0.05) is 6.42 Å². The number of hydrogen-bond acceptors (Lipinski definition) is 2. The van der Waals surface area contributed by atoms with Crippen molar-refractivity contribution in [2.24, 2.45) is 11.8 Å². The monoisotopic (exact) mass is 170 g/mol. The lowest BCUT2D eigenvalue weighted by atomic mass is 9.72. The molecule has 1 unspecified atom stereocenters. The van der Waals surface area contributed by atoms with E-state index in [0.29, 0.717) is 17.9 Å². The van der Waals surface area contributed by atoms with Crippen LogP contribution in [0.25, 0.3) is 0 Å². The molecule has 12 heavy (non-hydrogen) atoms. The zero-order valence-corrected chi connectivity index (χ0v) is 8.08. The minimum absolute atomic E-state index is 0.0369. The molecule has 2 nitrogen and oxygen atoms in total. The molecule has 0 aromatic heterocycles. The maximum absolute atomic E-state index is 10.2. The van der Waals surface area contributed by atoms with Gasteiger partial charge >= 0.3 is 0 Å². The highest BCUT2D eigenvalue weighted by molar-refractivity contribution is 5.01. The van der Waals surface area contributed by atoms with Crippen LogP contribution in [0, 0.1) is 11.8 Å². The lowest BCUT2D eigenvalue weighted by Gasteiger charge is -2.35. The van der Waals surface area contributed by atoms with Crippen LogP contribution in [0.3, 0.4) is 0 Å². The van der Waals surface area contributed by atoms with Crippen molar-refractivity contribution in [3.8, 4) is 0 Å². The zero-order valence-electron chi connectivity index (χ0n) is 8.08. The Kier molecular flexibility index (Phi) is 1.74. The van der Waals surface area contributed by atoms with Crippen molar-refractivity contribution in [2.45, 2.75) is 51.4 Å². The van der Waals surface area contributed by atoms with E-state index in [9.17, 15) is 5.11 Å². The largest absolute Gasteiger partial charge is 0.387 e. The van der Waals surface area contributed by atoms with Gasteiger partial charge in [-0.3, -0.25) is 0 Å². The summed E-state index contributed by atoms with van der Waals surface area (Å²) in [5, 5.41) is 10.2. The van der Waals surface area contributed by atoms with Gasteiger partial charge in [0.2, 0.25) is 0 Å². The van der Waals surface area contributed by atoms with Crippen LogP contribution in [0.4, 0.5) is 0 Å². The van der Waals surface area contributed by atoms with Crippen molar-refractivity contribution in [3.63, 3.8) is 0 Å². The van der Waals surface area contributed by atoms with Crippen molar-refractivity contribution < 1.29 is 9.84 Å². The van der Waals surface area contributed by atoms with E-state index in [4.69, 9.17) is 4.74 Å². The van der Waals surface area contributed by atoms with Crippen LogP contribution >= 0.6 is 0 Å². The molecule has 1 aliphatic heterocycles. The van der Waals surface area contributed by atoms with Gasteiger partial charge in [-0.05, 0) is 25.2 Å². The van der Waals surface area contributed by atoms with E-state index in [0.717, 1.165) is 12.8 Å². The predicted octanol–water partition coefficient (Wildman–Crippen LogP) is 1.57. The standard InChI is InChI=1S/C10H18O2/c1-6-4-10(11)5-9(7(6)2)12-8(10)3/h6-9,11H,4-5H2,1-3H3/t6-,7-,8?,9+,10+/m1/s1. The average molecular weight is 170 g/mol. The molecule has 0 aromatic rings. The van der Waals surface area contributed by atoms with Gasteiger partial charge < -0.3 is 9.84 Å². The number of hydrogen-bond donors (Lipinski definition) is 1. The van der Waals surface area contributed by atoms with E-state index in [1.807, 2.05) is 6.92 Å². The zero-order chi connectivity index (χ0) is 8.93. The Morgan fingerprint density at radius 1 is 1.25 bits per heavy atom. The lowest BCUT2D eigenvalue weighted by molar-refractivity contribution is -0.0345. The third-order valence-corrected chi connectivity index (χ3v) is 3.85. The second-order valence-corrected chi connectivity index (χ2v) is 4.66. The van der Waals surface area contributed by atoms with Crippen LogP contribution in [-0.2, 0) is 4.74 Å². The second-order valence-electron chi connectivity index (χ2n) is 4.66. The van der Waals surface area contributed by atoms with E-state index in [1.165, 1.54) is 0 Å². The van der Waals surface area contributed by atoms with Gasteiger partial charge in [-0.1, -0.05) is 13.8 Å². The van der Waals surface area contributed by atoms with Crippen LogP contribution in [0.5, 0.6) is 0 Å². The molecule has 0 spiro atoms. The number of ether oxygens (including phenoxy) is 1. The molecule has 5 atom stereocenters. The Hall–Kier alpha value is -0.0800. The Labute approximate surface area is 73.9 Å². The Bertz CT molecular complexity index is 192. The van der Waals surface area contributed by atoms with Gasteiger partial charge in [0.25, 0.3) is 0 Å². The fourth-order valence-electron chi connectivity index (χ4n) is 2.62. The predicted molar refractivity (Wildman–Crippen MR) is 46.8 cm³/mol. The lowest BCUT2D eigenvalue weighted by Crippen LogP contribution is -2.42. The average Bonchev–Trinajstić information content (AvgIpc) is 2.22. The van der Waals surface area contributed by atoms with E-state index in [1.54, 1.807) is 0 Å². The molecule has 2 heteroatoms. The summed E-state index contributed by atoms with van der Waals surface area (Å²) in [4.78, 5) is 0. The van der Waals surface area contributed by atoms with Gasteiger partial charge in [0.15, 0.2) is 0 Å². The van der Waals surface area contributed by atoms with Gasteiger partial charge in [0.1, 0.15) is 0 Å². The van der Waals surface area contributed by atoms with Crippen molar-refractivity contribution in [1.29, 1.82) is 0 Å². The first-order chi connectivity index (χ1) is 5.53. The first-order valence-corrected chi connectivity index (χ1v) is 4.91. The highest BCUT2D eigenvalue weighted by atomic mass is 16.5. The van der Waals surface area contributed by atoms with Gasteiger partial charge in [-0.15, -0.1) is 0 Å². The van der Waals surface area contributed by atoms with Crippen LogP contribution < -0.4 is 0 Å². The summed E-state index contributed by atoms with van der Waals surface area (Å²) in [5.74, 6) is 1.20. The SMILES string of the molecule is CC1O[C@H]2C[C@@]1(O)C[C@@H](C)[C@H]2C. The van der Waals surface area contributed by atoms with Crippen molar-refractivity contribution >= 4 is 0 Å². The molecule has 0 radical (unpaired) electrons. The summed E-state index contributed by atoms with van der Waals surface area (Å²) in [6.45, 7) is 6.43. The molecular formula is C10H18O2. The van der Waals surface area contributed by atoms with E-state index in [-0.39, 0.29) is 6.10 Å². The normalized spacial score (nSPS) is 59.0. The molecule has 1 heterocycles. The number of fused-ring (bicyclic) bond motifs is 2. The fourth-order valence-corrected chi connectivity index (χ4v) is 2.62. The molecule has 1 saturated heterocycles. The van der Waals surface area contributed by atoms with Crippen LogP contribution in [0.2, 0.25) is 0 Å². The summed E-state index contributed by atoms with van der Waals surface area (Å²) in [5.41, 5.74) is -0.517. The third-order valence-electron chi connectivity index (χ3n) is 3.85. The Balaban J connectivity index is 2.22. The topological polar surface area (TPSA) is 29.5 Å². The summed E-state index contributed by atoms with van der Waals surface area (Å²) in [7, 11) is 0. The maximum atomic E-state index is 10.2. The minimum atomic E-state index is -0.517. The van der Waals surface area contributed by atoms with Gasteiger partial charge in [0.05, 0.1) is 17.8 Å². The van der Waals surface area contributed by atoms with Crippen LogP contribution in [0.1, 0.15) is 33.6 Å². The smallest absolute Gasteiger partial charge is 0.0933 e. The van der Waals surface area contributed by atoms with Crippen molar-refractivity contribution in [3.05, 3.63) is 0 Å². The molecule has 1 aliphatic carbocycles. The number of rotatable bonds is 0. The quantitative estimate of drug-likeness (QED) is 0.598. The van der Waals surface area contributed by atoms with E-state index < -0.39 is 5.60 Å². The van der Waals surface area contributed by atoms with Crippen molar-refractivity contribution in [1.82, 2.24) is 0 Å². The molecule has 2 rings (SSSR count). The molecule has 70 valence electrons. The molecule has 1 N–H and O–H groups in total. The first kappa shape index (κ1) is 8.52. The first-order valence-electron chi connectivity index (χ1n) is 4.91. The Morgan fingerprint density at radius 2 is 1.92 bits per heavy atom. The fraction of sp³-hybridized carbons (Fsp3) is 1.00. The molecule has 2 fully saturated rings. The minimum Gasteiger partial charge on any atom is -0.387 e. The summed E-state index contributed by atoms with van der Waals surface area (Å²) >= 11 is 0. The highest BCUT2D eigenvalue weighted by Gasteiger charge is 2.52. The Morgan fingerprint density at radius 3 is 2.58 bits per heavy atom. The highest BCUT2D eigenvalue weighted by Crippen LogP contribution is 2.46. The molecular weight excluding hydrogens is 152 g/mol. The molecule has 2 aliphatic rings. The third kappa shape index (κ3) is 1.01. The maximum Gasteiger partial charge on any atom is 0.0933 e. The van der Waals surface area contributed by atoms with Crippen LogP contribution in [-0.4, -0.2) is 22.9 Å². The van der Waals surface area contributed by atoms with Crippen LogP contribution in [0.15, 0.2) is 0 Å². The van der Waals surface area contributed by atoms with Gasteiger partial charge in [-0.2, -0.15) is 0 Å². The van der Waals surface area contributed by atoms with Gasteiger partial charge in [-0.25, -0.2) is 0 Å².